The summed E-state index contributed by atoms with van der Waals surface area (Å²) in [5, 5.41) is 2.21. The number of esters is 1. The van der Waals surface area contributed by atoms with Crippen molar-refractivity contribution in [1.29, 1.82) is 0 Å². The van der Waals surface area contributed by atoms with Gasteiger partial charge in [0.2, 0.25) is 0 Å². The van der Waals surface area contributed by atoms with Crippen LogP contribution in [-0.2, 0) is 9.53 Å². The van der Waals surface area contributed by atoms with Crippen LogP contribution in [0.5, 0.6) is 0 Å². The van der Waals surface area contributed by atoms with E-state index in [0.29, 0.717) is 17.0 Å². The van der Waals surface area contributed by atoms with Crippen LogP contribution in [0.3, 0.4) is 0 Å². The van der Waals surface area contributed by atoms with Crippen molar-refractivity contribution in [2.75, 3.05) is 13.2 Å². The second-order valence-corrected chi connectivity index (χ2v) is 8.32. The number of likely N-dealkylation sites (tertiary alicyclic amines) is 1. The first-order valence-electron chi connectivity index (χ1n) is 9.80. The van der Waals surface area contributed by atoms with E-state index in [0.717, 1.165) is 31.4 Å². The van der Waals surface area contributed by atoms with Crippen LogP contribution in [0.25, 0.3) is 10.6 Å². The standard InChI is InChI=1S/C21H23FN2O3S/c22-16-9-7-15(8-10-16)20-23-17(13-28-20)21(26)27-12-19(25)24-11-3-5-14-4-1-2-6-18(14)24/h7-10,13-14,18H,1-6,11-12H2/t14-,18-/m0/s1. The highest BCUT2D eigenvalue weighted by atomic mass is 32.1. The summed E-state index contributed by atoms with van der Waals surface area (Å²) in [6.07, 6.45) is 6.87. The molecule has 2 atom stereocenters. The van der Waals surface area contributed by atoms with E-state index in [-0.39, 0.29) is 24.0 Å². The van der Waals surface area contributed by atoms with Crippen LogP contribution in [0.4, 0.5) is 4.39 Å². The van der Waals surface area contributed by atoms with Gasteiger partial charge < -0.3 is 9.64 Å². The van der Waals surface area contributed by atoms with Crippen molar-refractivity contribution in [2.24, 2.45) is 5.92 Å². The fourth-order valence-corrected chi connectivity index (χ4v) is 5.11. The van der Waals surface area contributed by atoms with Gasteiger partial charge >= 0.3 is 5.97 Å². The number of rotatable bonds is 4. The Morgan fingerprint density at radius 1 is 1.14 bits per heavy atom. The maximum atomic E-state index is 13.0. The highest BCUT2D eigenvalue weighted by molar-refractivity contribution is 7.13. The first kappa shape index (κ1) is 19.1. The number of carbonyl (C=O) groups excluding carboxylic acids is 2. The van der Waals surface area contributed by atoms with Gasteiger partial charge in [0.1, 0.15) is 10.8 Å². The monoisotopic (exact) mass is 402 g/mol. The van der Waals surface area contributed by atoms with Crippen molar-refractivity contribution in [2.45, 2.75) is 44.6 Å². The molecule has 0 N–H and O–H groups in total. The van der Waals surface area contributed by atoms with Crippen LogP contribution < -0.4 is 0 Å². The Morgan fingerprint density at radius 3 is 2.71 bits per heavy atom. The van der Waals surface area contributed by atoms with Crippen molar-refractivity contribution in [3.8, 4) is 10.6 Å². The summed E-state index contributed by atoms with van der Waals surface area (Å²) >= 11 is 1.28. The molecule has 0 unspecified atom stereocenters. The lowest BCUT2D eigenvalue weighted by Crippen LogP contribution is -2.50. The van der Waals surface area contributed by atoms with Crippen LogP contribution in [0.15, 0.2) is 29.6 Å². The molecular weight excluding hydrogens is 379 g/mol. The van der Waals surface area contributed by atoms with E-state index in [9.17, 15) is 14.0 Å². The summed E-state index contributed by atoms with van der Waals surface area (Å²) in [6.45, 7) is 0.508. The molecule has 2 aliphatic rings. The quantitative estimate of drug-likeness (QED) is 0.716. The molecule has 7 heteroatoms. The van der Waals surface area contributed by atoms with E-state index in [1.165, 1.54) is 42.7 Å². The zero-order valence-electron chi connectivity index (χ0n) is 15.6. The molecule has 2 fully saturated rings. The third-order valence-corrected chi connectivity index (χ3v) is 6.59. The Balaban J connectivity index is 1.35. The molecule has 5 nitrogen and oxygen atoms in total. The van der Waals surface area contributed by atoms with Crippen LogP contribution >= 0.6 is 11.3 Å². The number of fused-ring (bicyclic) bond motifs is 1. The number of benzene rings is 1. The summed E-state index contributed by atoms with van der Waals surface area (Å²) < 4.78 is 18.3. The lowest BCUT2D eigenvalue weighted by molar-refractivity contribution is -0.140. The molecule has 2 heterocycles. The van der Waals surface area contributed by atoms with E-state index in [1.54, 1.807) is 17.5 Å². The Bertz CT molecular complexity index is 850. The van der Waals surface area contributed by atoms with Gasteiger partial charge in [-0.25, -0.2) is 14.2 Å². The van der Waals surface area contributed by atoms with Crippen molar-refractivity contribution < 1.29 is 18.7 Å². The van der Waals surface area contributed by atoms with Gasteiger partial charge in [0.25, 0.3) is 5.91 Å². The predicted octanol–water partition coefficient (Wildman–Crippen LogP) is 4.29. The van der Waals surface area contributed by atoms with Crippen molar-refractivity contribution in [3.63, 3.8) is 0 Å². The van der Waals surface area contributed by atoms with E-state index < -0.39 is 5.97 Å². The van der Waals surface area contributed by atoms with Crippen LogP contribution in [0.2, 0.25) is 0 Å². The van der Waals surface area contributed by atoms with E-state index >= 15 is 0 Å². The summed E-state index contributed by atoms with van der Waals surface area (Å²) in [5.41, 5.74) is 0.907. The van der Waals surface area contributed by atoms with E-state index in [2.05, 4.69) is 4.98 Å². The molecule has 28 heavy (non-hydrogen) atoms. The zero-order chi connectivity index (χ0) is 19.5. The number of aromatic nitrogens is 1. The minimum Gasteiger partial charge on any atom is -0.451 e. The lowest BCUT2D eigenvalue weighted by atomic mass is 9.78. The number of piperidine rings is 1. The Morgan fingerprint density at radius 2 is 1.89 bits per heavy atom. The molecule has 1 aliphatic heterocycles. The van der Waals surface area contributed by atoms with Crippen molar-refractivity contribution >= 4 is 23.2 Å². The molecule has 148 valence electrons. The Hall–Kier alpha value is -2.28. The van der Waals surface area contributed by atoms with Gasteiger partial charge in [0.15, 0.2) is 12.3 Å². The van der Waals surface area contributed by atoms with Crippen molar-refractivity contribution in [3.05, 3.63) is 41.2 Å². The normalized spacial score (nSPS) is 21.8. The molecule has 0 bridgehead atoms. The molecule has 1 amide bonds. The molecule has 4 rings (SSSR count). The topological polar surface area (TPSA) is 59.5 Å². The third kappa shape index (κ3) is 4.09. The van der Waals surface area contributed by atoms with Gasteiger partial charge in [-0.15, -0.1) is 11.3 Å². The molecule has 0 spiro atoms. The zero-order valence-corrected chi connectivity index (χ0v) is 16.4. The largest absolute Gasteiger partial charge is 0.451 e. The number of carbonyl (C=O) groups is 2. The molecule has 2 aromatic rings. The lowest BCUT2D eigenvalue weighted by Gasteiger charge is -2.44. The van der Waals surface area contributed by atoms with Crippen molar-refractivity contribution in [1.82, 2.24) is 9.88 Å². The third-order valence-electron chi connectivity index (χ3n) is 5.69. The minimum absolute atomic E-state index is 0.112. The molecule has 1 aromatic carbocycles. The second-order valence-electron chi connectivity index (χ2n) is 7.46. The maximum Gasteiger partial charge on any atom is 0.358 e. The van der Waals surface area contributed by atoms with Crippen LogP contribution in [0, 0.1) is 11.7 Å². The minimum atomic E-state index is -0.602. The number of halogens is 1. The number of amides is 1. The number of hydrogen-bond donors (Lipinski definition) is 0. The number of thiazole rings is 1. The first-order chi connectivity index (χ1) is 13.6. The number of ether oxygens (including phenoxy) is 1. The molecule has 1 aromatic heterocycles. The van der Waals surface area contributed by atoms with Crippen LogP contribution in [-0.4, -0.2) is 41.0 Å². The summed E-state index contributed by atoms with van der Waals surface area (Å²) in [6, 6.07) is 6.24. The second kappa shape index (κ2) is 8.39. The summed E-state index contributed by atoms with van der Waals surface area (Å²) in [5.74, 6) is -0.440. The van der Waals surface area contributed by atoms with Crippen LogP contribution in [0.1, 0.15) is 49.0 Å². The fraction of sp³-hybridized carbons (Fsp3) is 0.476. The summed E-state index contributed by atoms with van der Waals surface area (Å²) in [4.78, 5) is 31.1. The Kier molecular flexibility index (Phi) is 5.71. The average Bonchev–Trinajstić information content (AvgIpc) is 3.22. The van der Waals surface area contributed by atoms with Gasteiger partial charge in [-0.1, -0.05) is 12.8 Å². The highest BCUT2D eigenvalue weighted by Gasteiger charge is 2.35. The summed E-state index contributed by atoms with van der Waals surface area (Å²) in [7, 11) is 0. The molecular formula is C21H23FN2O3S. The van der Waals surface area contributed by atoms with E-state index in [1.807, 2.05) is 4.90 Å². The molecule has 1 aliphatic carbocycles. The number of hydrogen-bond acceptors (Lipinski definition) is 5. The Labute approximate surface area is 167 Å². The SMILES string of the molecule is O=C(OCC(=O)N1CCC[C@@H]2CCCC[C@@H]21)c1csc(-c2ccc(F)cc2)n1. The maximum absolute atomic E-state index is 13.0. The average molecular weight is 402 g/mol. The van der Waals surface area contributed by atoms with Gasteiger partial charge in [-0.05, 0) is 55.9 Å². The van der Waals surface area contributed by atoms with Gasteiger partial charge in [0, 0.05) is 23.5 Å². The number of nitrogens with zero attached hydrogens (tertiary/aromatic N) is 2. The fourth-order valence-electron chi connectivity index (χ4n) is 4.31. The first-order valence-corrected chi connectivity index (χ1v) is 10.7. The smallest absolute Gasteiger partial charge is 0.358 e. The van der Waals surface area contributed by atoms with Gasteiger partial charge in [0.05, 0.1) is 0 Å². The van der Waals surface area contributed by atoms with Gasteiger partial charge in [-0.3, -0.25) is 4.79 Å². The van der Waals surface area contributed by atoms with E-state index in [4.69, 9.17) is 4.74 Å². The molecule has 1 saturated carbocycles. The molecule has 1 saturated heterocycles. The predicted molar refractivity (Wildman–Crippen MR) is 104 cm³/mol. The van der Waals surface area contributed by atoms with Gasteiger partial charge in [-0.2, -0.15) is 0 Å². The molecule has 0 radical (unpaired) electrons. The highest BCUT2D eigenvalue weighted by Crippen LogP contribution is 2.35.